The van der Waals surface area contributed by atoms with Crippen LogP contribution < -0.4 is 0 Å². The van der Waals surface area contributed by atoms with E-state index in [0.29, 0.717) is 0 Å². The summed E-state index contributed by atoms with van der Waals surface area (Å²) < 4.78 is 32.2. The van der Waals surface area contributed by atoms with Crippen LogP contribution in [-0.2, 0) is 14.8 Å². The summed E-state index contributed by atoms with van der Waals surface area (Å²) in [5.41, 5.74) is 1.78. The number of hydrogen-bond donors (Lipinski definition) is 0. The van der Waals surface area contributed by atoms with Crippen molar-refractivity contribution in [1.82, 2.24) is 19.1 Å². The van der Waals surface area contributed by atoms with Gasteiger partial charge in [-0.25, -0.2) is 18.1 Å². The quantitative estimate of drug-likeness (QED) is 0.766. The zero-order valence-corrected chi connectivity index (χ0v) is 13.7. The number of hydrogen-bond acceptors (Lipinski definition) is 5. The Kier molecular flexibility index (Phi) is 5.28. The minimum atomic E-state index is -3.34. The van der Waals surface area contributed by atoms with Gasteiger partial charge in [-0.1, -0.05) is 12.1 Å². The van der Waals surface area contributed by atoms with Gasteiger partial charge in [0.15, 0.2) is 0 Å². The highest BCUT2D eigenvalue weighted by Crippen LogP contribution is 2.22. The minimum absolute atomic E-state index is 0.0264. The van der Waals surface area contributed by atoms with E-state index in [9.17, 15) is 8.42 Å². The summed E-state index contributed by atoms with van der Waals surface area (Å²) in [6, 6.07) is 7.30. The van der Waals surface area contributed by atoms with E-state index in [0.717, 1.165) is 11.3 Å². The number of rotatable bonds is 7. The van der Waals surface area contributed by atoms with Crippen LogP contribution in [-0.4, -0.2) is 54.0 Å². The monoisotopic (exact) mass is 324 g/mol. The second-order valence-electron chi connectivity index (χ2n) is 4.93. The van der Waals surface area contributed by atoms with Crippen LogP contribution in [0.25, 0.3) is 5.69 Å². The van der Waals surface area contributed by atoms with Crippen molar-refractivity contribution in [3.63, 3.8) is 0 Å². The van der Waals surface area contributed by atoms with Gasteiger partial charge in [0.1, 0.15) is 12.7 Å². The zero-order valence-electron chi connectivity index (χ0n) is 12.9. The fraction of sp³-hybridized carbons (Fsp3) is 0.429. The molecular weight excluding hydrogens is 304 g/mol. The van der Waals surface area contributed by atoms with E-state index in [-0.39, 0.29) is 18.4 Å². The molecular formula is C14H20N4O3S. The van der Waals surface area contributed by atoms with Crippen LogP contribution >= 0.6 is 0 Å². The van der Waals surface area contributed by atoms with Crippen molar-refractivity contribution in [2.45, 2.75) is 13.0 Å². The van der Waals surface area contributed by atoms with Gasteiger partial charge >= 0.3 is 0 Å². The third-order valence-electron chi connectivity index (χ3n) is 3.59. The molecule has 2 rings (SSSR count). The summed E-state index contributed by atoms with van der Waals surface area (Å²) in [6.07, 6.45) is 3.08. The van der Waals surface area contributed by atoms with Crippen LogP contribution in [0.3, 0.4) is 0 Å². The highest BCUT2D eigenvalue weighted by molar-refractivity contribution is 7.89. The van der Waals surface area contributed by atoms with Gasteiger partial charge in [0.25, 0.3) is 0 Å². The first-order valence-electron chi connectivity index (χ1n) is 6.85. The lowest BCUT2D eigenvalue weighted by Gasteiger charge is -2.24. The summed E-state index contributed by atoms with van der Waals surface area (Å²) >= 11 is 0. The maximum atomic E-state index is 12.2. The van der Waals surface area contributed by atoms with Crippen molar-refractivity contribution in [2.75, 3.05) is 26.5 Å². The Labute approximate surface area is 130 Å². The first kappa shape index (κ1) is 16.6. The molecule has 0 amide bonds. The predicted octanol–water partition coefficient (Wildman–Crippen LogP) is 1.24. The van der Waals surface area contributed by atoms with Gasteiger partial charge in [-0.05, 0) is 24.6 Å². The normalized spacial score (nSPS) is 13.5. The largest absolute Gasteiger partial charge is 0.384 e. The summed E-state index contributed by atoms with van der Waals surface area (Å²) in [7, 11) is -0.270. The molecule has 0 N–H and O–H groups in total. The standard InChI is InChI=1S/C14H20N4O3S/c1-12(17(2)22(19,20)9-8-21-3)13-4-6-14(7-5-13)18-11-15-10-16-18/h4-7,10-12H,8-9H2,1-3H3. The number of sulfonamides is 1. The Morgan fingerprint density at radius 2 is 2.00 bits per heavy atom. The van der Waals surface area contributed by atoms with Crippen molar-refractivity contribution in [2.24, 2.45) is 0 Å². The lowest BCUT2D eigenvalue weighted by Crippen LogP contribution is -2.33. The lowest BCUT2D eigenvalue weighted by atomic mass is 10.1. The molecule has 0 aliphatic carbocycles. The van der Waals surface area contributed by atoms with Crippen molar-refractivity contribution < 1.29 is 13.2 Å². The summed E-state index contributed by atoms with van der Waals surface area (Å²) in [6.45, 7) is 2.04. The number of methoxy groups -OCH3 is 1. The zero-order chi connectivity index (χ0) is 16.2. The second-order valence-corrected chi connectivity index (χ2v) is 7.08. The fourth-order valence-corrected chi connectivity index (χ4v) is 3.30. The second kappa shape index (κ2) is 6.99. The number of ether oxygens (including phenoxy) is 1. The maximum Gasteiger partial charge on any atom is 0.216 e. The first-order valence-corrected chi connectivity index (χ1v) is 8.46. The van der Waals surface area contributed by atoms with Crippen LogP contribution in [0.4, 0.5) is 0 Å². The summed E-state index contributed by atoms with van der Waals surface area (Å²) in [5.74, 6) is -0.0264. The molecule has 0 saturated carbocycles. The molecule has 1 aromatic heterocycles. The van der Waals surface area contributed by atoms with Crippen molar-refractivity contribution in [3.05, 3.63) is 42.5 Å². The Balaban J connectivity index is 2.14. The summed E-state index contributed by atoms with van der Waals surface area (Å²) in [5, 5.41) is 4.05. The molecule has 1 aromatic carbocycles. The highest BCUT2D eigenvalue weighted by Gasteiger charge is 2.24. The molecule has 0 bridgehead atoms. The SMILES string of the molecule is COCCS(=O)(=O)N(C)C(C)c1ccc(-n2cncn2)cc1. The number of benzene rings is 1. The molecule has 0 fully saturated rings. The minimum Gasteiger partial charge on any atom is -0.384 e. The molecule has 0 saturated heterocycles. The first-order chi connectivity index (χ1) is 10.5. The third kappa shape index (κ3) is 3.70. The number of nitrogens with zero attached hydrogens (tertiary/aromatic N) is 4. The molecule has 8 heteroatoms. The molecule has 1 atom stereocenters. The topological polar surface area (TPSA) is 77.3 Å². The predicted molar refractivity (Wildman–Crippen MR) is 83.2 cm³/mol. The van der Waals surface area contributed by atoms with Gasteiger partial charge in [0.2, 0.25) is 10.0 Å². The average molecular weight is 324 g/mol. The van der Waals surface area contributed by atoms with Crippen LogP contribution in [0.1, 0.15) is 18.5 Å². The van der Waals surface area contributed by atoms with E-state index >= 15 is 0 Å². The molecule has 120 valence electrons. The van der Waals surface area contributed by atoms with Gasteiger partial charge in [0, 0.05) is 20.2 Å². The molecule has 22 heavy (non-hydrogen) atoms. The Morgan fingerprint density at radius 3 is 2.55 bits per heavy atom. The van der Waals surface area contributed by atoms with Gasteiger partial charge in [-0.2, -0.15) is 9.40 Å². The average Bonchev–Trinajstić information content (AvgIpc) is 3.06. The molecule has 0 radical (unpaired) electrons. The fourth-order valence-electron chi connectivity index (χ4n) is 2.03. The molecule has 0 aliphatic heterocycles. The van der Waals surface area contributed by atoms with Crippen LogP contribution in [0.2, 0.25) is 0 Å². The van der Waals surface area contributed by atoms with E-state index in [1.54, 1.807) is 18.1 Å². The van der Waals surface area contributed by atoms with E-state index in [4.69, 9.17) is 4.74 Å². The van der Waals surface area contributed by atoms with E-state index < -0.39 is 10.0 Å². The Bertz CT molecular complexity index is 683. The van der Waals surface area contributed by atoms with E-state index in [2.05, 4.69) is 10.1 Å². The van der Waals surface area contributed by atoms with Gasteiger partial charge in [-0.3, -0.25) is 0 Å². The molecule has 0 spiro atoms. The molecule has 2 aromatic rings. The highest BCUT2D eigenvalue weighted by atomic mass is 32.2. The van der Waals surface area contributed by atoms with Crippen LogP contribution in [0.5, 0.6) is 0 Å². The van der Waals surface area contributed by atoms with Gasteiger partial charge in [-0.15, -0.1) is 0 Å². The maximum absolute atomic E-state index is 12.2. The van der Waals surface area contributed by atoms with Crippen molar-refractivity contribution >= 4 is 10.0 Å². The van der Waals surface area contributed by atoms with Crippen molar-refractivity contribution in [3.8, 4) is 5.69 Å². The van der Waals surface area contributed by atoms with Crippen LogP contribution in [0, 0.1) is 0 Å². The van der Waals surface area contributed by atoms with Crippen molar-refractivity contribution in [1.29, 1.82) is 0 Å². The Hall–Kier alpha value is -1.77. The Morgan fingerprint density at radius 1 is 1.32 bits per heavy atom. The molecule has 1 heterocycles. The summed E-state index contributed by atoms with van der Waals surface area (Å²) in [4.78, 5) is 3.90. The lowest BCUT2D eigenvalue weighted by molar-refractivity contribution is 0.215. The molecule has 0 aliphatic rings. The van der Waals surface area contributed by atoms with Gasteiger partial charge < -0.3 is 4.74 Å². The van der Waals surface area contributed by atoms with Crippen LogP contribution in [0.15, 0.2) is 36.9 Å². The van der Waals surface area contributed by atoms with E-state index in [1.807, 2.05) is 31.2 Å². The van der Waals surface area contributed by atoms with Gasteiger partial charge in [0.05, 0.1) is 18.0 Å². The number of aromatic nitrogens is 3. The van der Waals surface area contributed by atoms with E-state index in [1.165, 1.54) is 17.7 Å². The third-order valence-corrected chi connectivity index (χ3v) is 5.46. The molecule has 7 nitrogen and oxygen atoms in total. The smallest absolute Gasteiger partial charge is 0.216 e. The molecule has 1 unspecified atom stereocenters.